The second-order valence-electron chi connectivity index (χ2n) is 5.83. The third-order valence-corrected chi connectivity index (χ3v) is 5.44. The molecule has 1 aliphatic heterocycles. The first kappa shape index (κ1) is 17.7. The lowest BCUT2D eigenvalue weighted by atomic mass is 10.2. The molecular formula is C16H22O6S. The summed E-state index contributed by atoms with van der Waals surface area (Å²) in [5, 5.41) is 0. The van der Waals surface area contributed by atoms with Gasteiger partial charge in [-0.2, -0.15) is 0 Å². The van der Waals surface area contributed by atoms with Gasteiger partial charge in [-0.25, -0.2) is 13.2 Å². The van der Waals surface area contributed by atoms with E-state index in [1.54, 1.807) is 0 Å². The van der Waals surface area contributed by atoms with Gasteiger partial charge in [-0.3, -0.25) is 0 Å². The predicted molar refractivity (Wildman–Crippen MR) is 84.5 cm³/mol. The van der Waals surface area contributed by atoms with Crippen LogP contribution in [0.3, 0.4) is 0 Å². The highest BCUT2D eigenvalue weighted by molar-refractivity contribution is 7.91. The second kappa shape index (κ2) is 7.31. The molecule has 1 fully saturated rings. The fraction of sp³-hybridized carbons (Fsp3) is 0.562. The first-order chi connectivity index (χ1) is 10.8. The zero-order valence-electron chi connectivity index (χ0n) is 13.6. The third-order valence-electron chi connectivity index (χ3n) is 3.56. The number of hydrogen-bond donors (Lipinski definition) is 0. The number of ether oxygens (including phenoxy) is 3. The number of methoxy groups -OCH3 is 1. The topological polar surface area (TPSA) is 78.9 Å². The maximum absolute atomic E-state index is 12.5. The fourth-order valence-electron chi connectivity index (χ4n) is 2.45. The van der Waals surface area contributed by atoms with Gasteiger partial charge in [0.1, 0.15) is 11.3 Å². The van der Waals surface area contributed by atoms with Crippen molar-refractivity contribution in [2.24, 2.45) is 5.92 Å². The largest absolute Gasteiger partial charge is 0.490 e. The molecule has 0 aromatic heterocycles. The molecule has 6 nitrogen and oxygen atoms in total. The Morgan fingerprint density at radius 1 is 1.39 bits per heavy atom. The minimum Gasteiger partial charge on any atom is -0.490 e. The van der Waals surface area contributed by atoms with Crippen LogP contribution in [0.15, 0.2) is 23.1 Å². The number of hydrogen-bond acceptors (Lipinski definition) is 6. The number of benzene rings is 1. The van der Waals surface area contributed by atoms with E-state index < -0.39 is 15.8 Å². The Bertz CT molecular complexity index is 659. The maximum Gasteiger partial charge on any atom is 0.341 e. The lowest BCUT2D eigenvalue weighted by Crippen LogP contribution is -2.18. The van der Waals surface area contributed by atoms with Crippen LogP contribution in [-0.4, -0.2) is 46.6 Å². The number of esters is 1. The lowest BCUT2D eigenvalue weighted by Gasteiger charge is -2.15. The summed E-state index contributed by atoms with van der Waals surface area (Å²) in [4.78, 5) is 12.0. The Kier molecular flexibility index (Phi) is 5.64. The number of sulfone groups is 1. The molecule has 1 heterocycles. The van der Waals surface area contributed by atoms with Gasteiger partial charge in [0.25, 0.3) is 0 Å². The molecule has 0 spiro atoms. The number of carbonyl (C=O) groups excluding carboxylic acids is 1. The minimum atomic E-state index is -3.50. The summed E-state index contributed by atoms with van der Waals surface area (Å²) in [5.74, 6) is -0.303. The van der Waals surface area contributed by atoms with E-state index in [0.717, 1.165) is 6.42 Å². The molecule has 7 heteroatoms. The van der Waals surface area contributed by atoms with Crippen molar-refractivity contribution in [1.29, 1.82) is 0 Å². The van der Waals surface area contributed by atoms with Gasteiger partial charge >= 0.3 is 5.97 Å². The molecule has 0 unspecified atom stereocenters. The van der Waals surface area contributed by atoms with Crippen molar-refractivity contribution in [1.82, 2.24) is 0 Å². The number of rotatable bonds is 6. The molecule has 1 saturated heterocycles. The molecule has 0 amide bonds. The molecule has 0 bridgehead atoms. The van der Waals surface area contributed by atoms with Gasteiger partial charge < -0.3 is 14.2 Å². The van der Waals surface area contributed by atoms with Crippen LogP contribution in [-0.2, 0) is 19.3 Å². The summed E-state index contributed by atoms with van der Waals surface area (Å²) in [6.07, 6.45) is 0.592. The van der Waals surface area contributed by atoms with E-state index in [-0.39, 0.29) is 28.2 Å². The number of carbonyl (C=O) groups is 1. The van der Waals surface area contributed by atoms with Crippen LogP contribution in [0.4, 0.5) is 0 Å². The zero-order chi connectivity index (χ0) is 17.0. The molecular weight excluding hydrogens is 320 g/mol. The van der Waals surface area contributed by atoms with Crippen molar-refractivity contribution in [3.8, 4) is 5.75 Å². The monoisotopic (exact) mass is 342 g/mol. The standard InChI is InChI=1S/C16H22O6S/c1-11(2)22-15-5-4-13(8-14(15)16(17)20-3)23(18,19)10-12-6-7-21-9-12/h4-5,8,11-12H,6-7,9-10H2,1-3H3/t12-/m0/s1. The van der Waals surface area contributed by atoms with Gasteiger partial charge in [-0.05, 0) is 44.4 Å². The van der Waals surface area contributed by atoms with Gasteiger partial charge in [0.15, 0.2) is 9.84 Å². The molecule has 1 aromatic carbocycles. The Labute approximate surface area is 136 Å². The second-order valence-corrected chi connectivity index (χ2v) is 7.86. The Morgan fingerprint density at radius 3 is 2.70 bits per heavy atom. The Balaban J connectivity index is 2.33. The van der Waals surface area contributed by atoms with Crippen molar-refractivity contribution in [2.45, 2.75) is 31.3 Å². The van der Waals surface area contributed by atoms with Crippen molar-refractivity contribution < 1.29 is 27.4 Å². The summed E-state index contributed by atoms with van der Waals surface area (Å²) in [7, 11) is -2.25. The highest BCUT2D eigenvalue weighted by atomic mass is 32.2. The Hall–Kier alpha value is -1.60. The first-order valence-corrected chi connectivity index (χ1v) is 9.18. The molecule has 0 radical (unpaired) electrons. The predicted octanol–water partition coefficient (Wildman–Crippen LogP) is 2.07. The van der Waals surface area contributed by atoms with Crippen LogP contribution in [0.1, 0.15) is 30.6 Å². The quantitative estimate of drug-likeness (QED) is 0.737. The SMILES string of the molecule is COC(=O)c1cc(S(=O)(=O)C[C@H]2CCOC2)ccc1OC(C)C. The minimum absolute atomic E-state index is 0.00633. The summed E-state index contributed by atoms with van der Waals surface area (Å²) in [6, 6.07) is 4.30. The van der Waals surface area contributed by atoms with Crippen LogP contribution in [0.2, 0.25) is 0 Å². The summed E-state index contributed by atoms with van der Waals surface area (Å²) < 4.78 is 40.6. The molecule has 0 aliphatic carbocycles. The summed E-state index contributed by atoms with van der Waals surface area (Å²) in [5.41, 5.74) is 0.116. The van der Waals surface area contributed by atoms with Crippen LogP contribution in [0.25, 0.3) is 0 Å². The van der Waals surface area contributed by atoms with Crippen LogP contribution >= 0.6 is 0 Å². The zero-order valence-corrected chi connectivity index (χ0v) is 14.4. The molecule has 1 aromatic rings. The highest BCUT2D eigenvalue weighted by Crippen LogP contribution is 2.27. The van der Waals surface area contributed by atoms with E-state index >= 15 is 0 Å². The van der Waals surface area contributed by atoms with E-state index in [2.05, 4.69) is 0 Å². The first-order valence-electron chi connectivity index (χ1n) is 7.53. The van der Waals surface area contributed by atoms with E-state index in [1.807, 2.05) is 13.8 Å². The third kappa shape index (κ3) is 4.45. The molecule has 2 rings (SSSR count). The smallest absolute Gasteiger partial charge is 0.341 e. The van der Waals surface area contributed by atoms with Gasteiger partial charge in [-0.1, -0.05) is 0 Å². The average Bonchev–Trinajstić information content (AvgIpc) is 2.98. The molecule has 0 saturated carbocycles. The van der Waals surface area contributed by atoms with Gasteiger partial charge in [0, 0.05) is 6.61 Å². The van der Waals surface area contributed by atoms with Crippen molar-refractivity contribution in [3.05, 3.63) is 23.8 Å². The molecule has 128 valence electrons. The van der Waals surface area contributed by atoms with Crippen molar-refractivity contribution in [2.75, 3.05) is 26.1 Å². The van der Waals surface area contributed by atoms with Gasteiger partial charge in [-0.15, -0.1) is 0 Å². The summed E-state index contributed by atoms with van der Waals surface area (Å²) in [6.45, 7) is 4.70. The lowest BCUT2D eigenvalue weighted by molar-refractivity contribution is 0.0594. The molecule has 1 aliphatic rings. The molecule has 0 N–H and O–H groups in total. The van der Waals surface area contributed by atoms with E-state index in [1.165, 1.54) is 25.3 Å². The van der Waals surface area contributed by atoms with Crippen molar-refractivity contribution in [3.63, 3.8) is 0 Å². The van der Waals surface area contributed by atoms with Gasteiger partial charge in [0.05, 0.1) is 30.5 Å². The average molecular weight is 342 g/mol. The normalized spacial score (nSPS) is 18.2. The molecule has 23 heavy (non-hydrogen) atoms. The van der Waals surface area contributed by atoms with E-state index in [4.69, 9.17) is 14.2 Å². The van der Waals surface area contributed by atoms with Crippen LogP contribution < -0.4 is 4.74 Å². The van der Waals surface area contributed by atoms with Crippen LogP contribution in [0, 0.1) is 5.92 Å². The highest BCUT2D eigenvalue weighted by Gasteiger charge is 2.26. The van der Waals surface area contributed by atoms with E-state index in [9.17, 15) is 13.2 Å². The Morgan fingerprint density at radius 2 is 2.13 bits per heavy atom. The van der Waals surface area contributed by atoms with E-state index in [0.29, 0.717) is 19.0 Å². The maximum atomic E-state index is 12.5. The van der Waals surface area contributed by atoms with Crippen LogP contribution in [0.5, 0.6) is 5.75 Å². The van der Waals surface area contributed by atoms with Crippen molar-refractivity contribution >= 4 is 15.8 Å². The fourth-order valence-corrected chi connectivity index (χ4v) is 4.10. The molecule has 1 atom stereocenters. The summed E-state index contributed by atoms with van der Waals surface area (Å²) >= 11 is 0. The van der Waals surface area contributed by atoms with Gasteiger partial charge in [0.2, 0.25) is 0 Å².